The second kappa shape index (κ2) is 5.98. The van der Waals surface area contributed by atoms with Crippen molar-refractivity contribution in [2.75, 3.05) is 6.61 Å². The molecule has 0 aliphatic heterocycles. The zero-order chi connectivity index (χ0) is 15.6. The first kappa shape index (κ1) is 17.4. The van der Waals surface area contributed by atoms with E-state index < -0.39 is 13.9 Å². The molecule has 3 nitrogen and oxygen atoms in total. The number of nitrogens with two attached hydrogens (primary N) is 2. The first-order chi connectivity index (χ1) is 8.98. The standard InChI is InChI=1S/C16H30N2OSi/c1-13-7-8-14(17)16(18,10-9-13)11-12-19-20(5,6)15(2,3)4/h7-10,14H,1,11-12,17-18H2,2-6H3. The smallest absolute Gasteiger partial charge is 0.191 e. The van der Waals surface area contributed by atoms with E-state index in [4.69, 9.17) is 15.9 Å². The maximum absolute atomic E-state index is 6.43. The molecule has 2 atom stereocenters. The summed E-state index contributed by atoms with van der Waals surface area (Å²) in [5.74, 6) is 0. The van der Waals surface area contributed by atoms with Gasteiger partial charge in [-0.25, -0.2) is 0 Å². The van der Waals surface area contributed by atoms with Crippen molar-refractivity contribution in [1.29, 1.82) is 0 Å². The van der Waals surface area contributed by atoms with Gasteiger partial charge in [0.1, 0.15) is 0 Å². The number of allylic oxidation sites excluding steroid dienone is 3. The van der Waals surface area contributed by atoms with Crippen LogP contribution in [0.2, 0.25) is 18.1 Å². The Labute approximate surface area is 124 Å². The highest BCUT2D eigenvalue weighted by Gasteiger charge is 2.38. The van der Waals surface area contributed by atoms with Gasteiger partial charge in [0.05, 0.1) is 5.54 Å². The van der Waals surface area contributed by atoms with E-state index in [2.05, 4.69) is 40.4 Å². The summed E-state index contributed by atoms with van der Waals surface area (Å²) < 4.78 is 6.20. The predicted molar refractivity (Wildman–Crippen MR) is 90.1 cm³/mol. The zero-order valence-electron chi connectivity index (χ0n) is 13.6. The minimum atomic E-state index is -1.73. The molecular weight excluding hydrogens is 264 g/mol. The summed E-state index contributed by atoms with van der Waals surface area (Å²) >= 11 is 0. The van der Waals surface area contributed by atoms with Gasteiger partial charge in [-0.3, -0.25) is 0 Å². The molecule has 0 aromatic carbocycles. The Kier molecular flexibility index (Phi) is 5.19. The molecule has 0 bridgehead atoms. The largest absolute Gasteiger partial charge is 0.417 e. The molecule has 20 heavy (non-hydrogen) atoms. The number of hydrogen-bond donors (Lipinski definition) is 2. The lowest BCUT2D eigenvalue weighted by Crippen LogP contribution is -2.54. The van der Waals surface area contributed by atoms with E-state index in [1.165, 1.54) is 0 Å². The van der Waals surface area contributed by atoms with Crippen molar-refractivity contribution < 1.29 is 4.43 Å². The fourth-order valence-electron chi connectivity index (χ4n) is 1.78. The van der Waals surface area contributed by atoms with Crippen molar-refractivity contribution in [1.82, 2.24) is 0 Å². The Morgan fingerprint density at radius 2 is 1.95 bits per heavy atom. The molecule has 2 unspecified atom stereocenters. The molecule has 114 valence electrons. The molecule has 0 amide bonds. The summed E-state index contributed by atoms with van der Waals surface area (Å²) in [6.07, 6.45) is 8.47. The zero-order valence-corrected chi connectivity index (χ0v) is 14.6. The van der Waals surface area contributed by atoms with Gasteiger partial charge in [-0.15, -0.1) is 0 Å². The van der Waals surface area contributed by atoms with Crippen molar-refractivity contribution in [3.8, 4) is 0 Å². The highest BCUT2D eigenvalue weighted by molar-refractivity contribution is 6.74. The Balaban J connectivity index is 2.67. The van der Waals surface area contributed by atoms with Gasteiger partial charge in [-0.05, 0) is 30.1 Å². The van der Waals surface area contributed by atoms with Crippen LogP contribution in [0.15, 0.2) is 36.5 Å². The van der Waals surface area contributed by atoms with Crippen LogP contribution in [-0.4, -0.2) is 26.5 Å². The highest BCUT2D eigenvalue weighted by atomic mass is 28.4. The lowest BCUT2D eigenvalue weighted by Gasteiger charge is -2.38. The van der Waals surface area contributed by atoms with Crippen molar-refractivity contribution >= 4 is 8.32 Å². The van der Waals surface area contributed by atoms with Gasteiger partial charge < -0.3 is 15.9 Å². The minimum absolute atomic E-state index is 0.207. The van der Waals surface area contributed by atoms with Crippen molar-refractivity contribution in [2.45, 2.75) is 56.9 Å². The van der Waals surface area contributed by atoms with E-state index in [0.717, 1.165) is 12.0 Å². The maximum Gasteiger partial charge on any atom is 0.191 e. The van der Waals surface area contributed by atoms with E-state index in [0.29, 0.717) is 6.61 Å². The molecule has 4 heteroatoms. The lowest BCUT2D eigenvalue weighted by atomic mass is 9.88. The monoisotopic (exact) mass is 294 g/mol. The summed E-state index contributed by atoms with van der Waals surface area (Å²) in [5, 5.41) is 0.213. The van der Waals surface area contributed by atoms with Crippen LogP contribution in [0.4, 0.5) is 0 Å². The highest BCUT2D eigenvalue weighted by Crippen LogP contribution is 2.36. The number of rotatable bonds is 4. The third kappa shape index (κ3) is 4.15. The predicted octanol–water partition coefficient (Wildman–Crippen LogP) is 3.11. The summed E-state index contributed by atoms with van der Waals surface area (Å²) in [7, 11) is -1.73. The van der Waals surface area contributed by atoms with Gasteiger partial charge in [0.25, 0.3) is 0 Å². The fraction of sp³-hybridized carbons (Fsp3) is 0.625. The van der Waals surface area contributed by atoms with Crippen LogP contribution in [0.25, 0.3) is 0 Å². The van der Waals surface area contributed by atoms with Gasteiger partial charge in [-0.2, -0.15) is 0 Å². The molecule has 1 aliphatic rings. The normalized spacial score (nSPS) is 27.8. The molecule has 1 aliphatic carbocycles. The summed E-state index contributed by atoms with van der Waals surface area (Å²) in [4.78, 5) is 0. The molecule has 4 N–H and O–H groups in total. The van der Waals surface area contributed by atoms with Crippen molar-refractivity contribution in [2.24, 2.45) is 11.5 Å². The average Bonchev–Trinajstić information content (AvgIpc) is 2.42. The first-order valence-electron chi connectivity index (χ1n) is 7.23. The molecular formula is C16H30N2OSi. The van der Waals surface area contributed by atoms with Gasteiger partial charge >= 0.3 is 0 Å². The second-order valence-corrected chi connectivity index (χ2v) is 12.1. The van der Waals surface area contributed by atoms with Crippen molar-refractivity contribution in [3.63, 3.8) is 0 Å². The first-order valence-corrected chi connectivity index (χ1v) is 10.1. The van der Waals surface area contributed by atoms with E-state index >= 15 is 0 Å². The summed E-state index contributed by atoms with van der Waals surface area (Å²) in [5.41, 5.74) is 13.0. The van der Waals surface area contributed by atoms with Crippen LogP contribution in [0, 0.1) is 0 Å². The molecule has 0 aromatic heterocycles. The molecule has 0 saturated carbocycles. The van der Waals surface area contributed by atoms with Gasteiger partial charge in [-0.1, -0.05) is 51.7 Å². The maximum atomic E-state index is 6.43. The Morgan fingerprint density at radius 1 is 1.35 bits per heavy atom. The third-order valence-corrected chi connectivity index (χ3v) is 9.09. The Bertz CT molecular complexity index is 421. The summed E-state index contributed by atoms with van der Waals surface area (Å²) in [6.45, 7) is 15.8. The van der Waals surface area contributed by atoms with Crippen LogP contribution in [0.5, 0.6) is 0 Å². The van der Waals surface area contributed by atoms with Crippen LogP contribution < -0.4 is 11.5 Å². The molecule has 0 heterocycles. The van der Waals surface area contributed by atoms with Gasteiger partial charge in [0.2, 0.25) is 0 Å². The van der Waals surface area contributed by atoms with Crippen LogP contribution in [-0.2, 0) is 4.43 Å². The Hall–Kier alpha value is -0.683. The van der Waals surface area contributed by atoms with Gasteiger partial charge in [0, 0.05) is 12.6 Å². The van der Waals surface area contributed by atoms with Gasteiger partial charge in [0.15, 0.2) is 8.32 Å². The average molecular weight is 295 g/mol. The van der Waals surface area contributed by atoms with E-state index in [-0.39, 0.29) is 11.1 Å². The van der Waals surface area contributed by atoms with Crippen LogP contribution in [0.3, 0.4) is 0 Å². The van der Waals surface area contributed by atoms with Crippen molar-refractivity contribution in [3.05, 3.63) is 36.5 Å². The summed E-state index contributed by atoms with van der Waals surface area (Å²) in [6, 6.07) is -0.207. The lowest BCUT2D eigenvalue weighted by molar-refractivity contribution is 0.249. The quantitative estimate of drug-likeness (QED) is 0.783. The molecule has 0 fully saturated rings. The second-order valence-electron chi connectivity index (χ2n) is 7.26. The minimum Gasteiger partial charge on any atom is -0.417 e. The third-order valence-electron chi connectivity index (χ3n) is 4.55. The SMILES string of the molecule is C=C1C=CC(N)C(N)(CCO[Si](C)(C)C(C)(C)C)C=C1. The van der Waals surface area contributed by atoms with E-state index in [9.17, 15) is 0 Å². The van der Waals surface area contributed by atoms with Crippen LogP contribution >= 0.6 is 0 Å². The van der Waals surface area contributed by atoms with Crippen LogP contribution in [0.1, 0.15) is 27.2 Å². The molecule has 0 saturated heterocycles. The Morgan fingerprint density at radius 3 is 2.50 bits per heavy atom. The topological polar surface area (TPSA) is 61.3 Å². The van der Waals surface area contributed by atoms with E-state index in [1.807, 2.05) is 24.3 Å². The molecule has 0 aromatic rings. The molecule has 0 spiro atoms. The number of hydrogen-bond acceptors (Lipinski definition) is 3. The molecule has 0 radical (unpaired) electrons. The fourth-order valence-corrected chi connectivity index (χ4v) is 2.83. The van der Waals surface area contributed by atoms with E-state index in [1.54, 1.807) is 0 Å². The molecule has 1 rings (SSSR count).